The van der Waals surface area contributed by atoms with Crippen LogP contribution in [0.25, 0.3) is 33.9 Å². The second-order valence-electron chi connectivity index (χ2n) is 23.8. The number of ether oxygens (including phenoxy) is 8. The Balaban J connectivity index is 0.806. The van der Waals surface area contributed by atoms with E-state index in [1.54, 1.807) is 98.8 Å². The second kappa shape index (κ2) is 28.6. The highest BCUT2D eigenvalue weighted by Crippen LogP contribution is 2.49. The number of benzene rings is 6. The van der Waals surface area contributed by atoms with Crippen LogP contribution in [0.1, 0.15) is 71.3 Å². The Morgan fingerprint density at radius 3 is 1.29 bits per heavy atom. The number of amides is 2. The van der Waals surface area contributed by atoms with Crippen molar-refractivity contribution < 1.29 is 65.0 Å². The molecule has 8 heterocycles. The molecule has 34 heteroatoms. The topological polar surface area (TPSA) is 237 Å². The van der Waals surface area contributed by atoms with Crippen LogP contribution >= 0.6 is 69.6 Å². The molecule has 4 aliphatic rings. The van der Waals surface area contributed by atoms with Crippen LogP contribution < -0.4 is 0 Å². The summed E-state index contributed by atoms with van der Waals surface area (Å²) in [7, 11) is 2.85. The van der Waals surface area contributed by atoms with Crippen molar-refractivity contribution in [2.24, 2.45) is 0 Å². The van der Waals surface area contributed by atoms with E-state index in [9.17, 15) is 0 Å². The largest absolute Gasteiger partial charge is 0.440 e. The molecule has 2 amide bonds. The number of carbonyl (C=O) groups excluding carboxylic acids is 2. The zero-order chi connectivity index (χ0) is 69.9. The molecular formula is C66H54Cl6F4N14O10. The molecule has 24 nitrogen and oxygen atoms in total. The number of halogens is 10. The van der Waals surface area contributed by atoms with Crippen LogP contribution in [-0.2, 0) is 37.9 Å². The second-order valence-corrected chi connectivity index (χ2v) is 26.2. The maximum atomic E-state index is 15.2. The molecule has 0 aliphatic carbocycles. The van der Waals surface area contributed by atoms with Gasteiger partial charge in [0, 0.05) is 59.5 Å². The maximum Gasteiger partial charge on any atom is 0.410 e. The van der Waals surface area contributed by atoms with Crippen molar-refractivity contribution in [3.05, 3.63) is 222 Å². The first-order valence-corrected chi connectivity index (χ1v) is 33.1. The SMILES string of the molecule is Cc1nc([C@H]2O[C@H]3CO[C@@H](c4ccccc4)O[C@H]3[C@@H](n3cc(-c4cc(F)c(Cl)c(F)c4)nn3)[C@@H]2OC(=O)N(C)CCN(C)C(=O)O[C@@H]2[C@@H](n3cc(-c4cc(F)c(Cl)c(F)c4)nn3)[C@H]3O[C@@H](c4ccccc4)OC[C@H]3O[C@H]2c2nc(C)nn2-c2cc(Cl)ccc2Cl)n(-c2cc(Cl)ccc2Cl)n1. The standard InChI is InChI=1S/C66H54Cl6F4N14O10/c1-31-77-61(89(81-31)47-25-37(67)15-17-39(47)69)59-57(53(55-49(95-59)29-93-63(97-55)33-11-7-5-8-12-33)87-27-45(79-83-87)35-21-41(73)51(71)42(74)22-35)99-65(91)85(3)19-20-86(4)66(92)100-58-54(88-28-46(80-84-88)36-23-43(75)52(72)44(76)24-36)56-50(30-94-64(98-56)34-13-9-6-10-14-34)96-60(58)62-78-32(2)82-90(62)48-26-38(68)16-18-40(48)70/h5-18,21-28,49-50,53-60,63-64H,19-20,29-30H2,1-4H3/t49-,50+,53+,54-,55+,56-,57-,58+,59-,60+,63+,64-. The van der Waals surface area contributed by atoms with Gasteiger partial charge in [-0.05, 0) is 74.5 Å². The maximum absolute atomic E-state index is 15.2. The molecule has 6 aromatic carbocycles. The fourth-order valence-electron chi connectivity index (χ4n) is 12.3. The van der Waals surface area contributed by atoms with Gasteiger partial charge in [-0.3, -0.25) is 0 Å². The summed E-state index contributed by atoms with van der Waals surface area (Å²) in [6, 6.07) is 29.1. The number of fused-ring (bicyclic) bond motifs is 2. The molecule has 0 unspecified atom stereocenters. The molecule has 0 spiro atoms. The molecule has 518 valence electrons. The molecule has 100 heavy (non-hydrogen) atoms. The first-order valence-electron chi connectivity index (χ1n) is 30.8. The Hall–Kier alpha value is -8.36. The van der Waals surface area contributed by atoms with Gasteiger partial charge in [0.2, 0.25) is 0 Å². The number of likely N-dealkylation sites (N-methyl/N-ethyl adjacent to an activating group) is 2. The van der Waals surface area contributed by atoms with Crippen LogP contribution in [-0.4, -0.2) is 159 Å². The summed E-state index contributed by atoms with van der Waals surface area (Å²) in [6.07, 6.45) is -11.0. The lowest BCUT2D eigenvalue weighted by Gasteiger charge is -2.48. The van der Waals surface area contributed by atoms with Gasteiger partial charge in [-0.25, -0.2) is 55.8 Å². The number of rotatable bonds is 15. The number of carbonyl (C=O) groups is 2. The van der Waals surface area contributed by atoms with E-state index in [-0.39, 0.29) is 93.5 Å². The van der Waals surface area contributed by atoms with Crippen LogP contribution in [0.2, 0.25) is 30.1 Å². The summed E-state index contributed by atoms with van der Waals surface area (Å²) in [5.41, 5.74) is 1.77. The normalized spacial score (nSPS) is 23.5. The quantitative estimate of drug-likeness (QED) is 0.0685. The fraction of sp³-hybridized carbons (Fsp3) is 0.303. The van der Waals surface area contributed by atoms with Crippen LogP contribution in [0.5, 0.6) is 0 Å². The van der Waals surface area contributed by atoms with E-state index >= 15 is 27.2 Å². The van der Waals surface area contributed by atoms with Gasteiger partial charge in [0.25, 0.3) is 0 Å². The highest BCUT2D eigenvalue weighted by Gasteiger charge is 2.57. The summed E-state index contributed by atoms with van der Waals surface area (Å²) < 4.78 is 119. The average Bonchev–Trinajstić information content (AvgIpc) is 1.21. The van der Waals surface area contributed by atoms with E-state index in [2.05, 4.69) is 30.8 Å². The Labute approximate surface area is 595 Å². The van der Waals surface area contributed by atoms with Gasteiger partial charge < -0.3 is 47.7 Å². The van der Waals surface area contributed by atoms with E-state index in [4.69, 9.17) is 117 Å². The van der Waals surface area contributed by atoms with Crippen molar-refractivity contribution in [2.45, 2.75) is 87.3 Å². The number of hydrogen-bond donors (Lipinski definition) is 0. The summed E-state index contributed by atoms with van der Waals surface area (Å²) >= 11 is 38.6. The lowest BCUT2D eigenvalue weighted by molar-refractivity contribution is -0.319. The Morgan fingerprint density at radius 1 is 0.530 bits per heavy atom. The van der Waals surface area contributed by atoms with Gasteiger partial charge in [-0.2, -0.15) is 10.2 Å². The lowest BCUT2D eigenvalue weighted by Crippen LogP contribution is -2.58. The molecule has 4 aromatic heterocycles. The number of aromatic nitrogens is 12. The zero-order valence-electron chi connectivity index (χ0n) is 52.6. The molecule has 0 N–H and O–H groups in total. The molecule has 0 radical (unpaired) electrons. The van der Waals surface area contributed by atoms with Gasteiger partial charge in [-0.1, -0.05) is 141 Å². The molecule has 10 aromatic rings. The molecule has 4 fully saturated rings. The number of nitrogens with zero attached hydrogens (tertiary/aromatic N) is 14. The summed E-state index contributed by atoms with van der Waals surface area (Å²) in [4.78, 5) is 42.4. The molecule has 14 rings (SSSR count). The first-order chi connectivity index (χ1) is 48.1. The minimum absolute atomic E-state index is 0.00340. The highest BCUT2D eigenvalue weighted by atomic mass is 35.5. The Kier molecular flexibility index (Phi) is 19.7. The van der Waals surface area contributed by atoms with Crippen molar-refractivity contribution >= 4 is 81.8 Å². The molecule has 4 saturated heterocycles. The Morgan fingerprint density at radius 2 is 0.910 bits per heavy atom. The van der Waals surface area contributed by atoms with Gasteiger partial charge in [0.15, 0.2) is 48.6 Å². The Bertz CT molecular complexity index is 4380. The number of hydrogen-bond acceptors (Lipinski definition) is 18. The molecular weight excluding hydrogens is 1440 g/mol. The van der Waals surface area contributed by atoms with E-state index in [1.165, 1.54) is 55.0 Å². The minimum Gasteiger partial charge on any atom is -0.440 e. The van der Waals surface area contributed by atoms with Crippen LogP contribution in [0.4, 0.5) is 27.2 Å². The van der Waals surface area contributed by atoms with Crippen molar-refractivity contribution in [3.63, 3.8) is 0 Å². The fourth-order valence-corrected chi connectivity index (χ4v) is 13.3. The van der Waals surface area contributed by atoms with Crippen LogP contribution in [0.3, 0.4) is 0 Å². The summed E-state index contributed by atoms with van der Waals surface area (Å²) in [5.74, 6) is -3.57. The van der Waals surface area contributed by atoms with E-state index in [0.717, 1.165) is 24.3 Å². The monoisotopic (exact) mass is 1490 g/mol. The van der Waals surface area contributed by atoms with Crippen molar-refractivity contribution in [2.75, 3.05) is 40.4 Å². The zero-order valence-corrected chi connectivity index (χ0v) is 57.1. The molecule has 0 bridgehead atoms. The van der Waals surface area contributed by atoms with Crippen LogP contribution in [0.15, 0.2) is 134 Å². The summed E-state index contributed by atoms with van der Waals surface area (Å²) in [5, 5.41) is 26.6. The first kappa shape index (κ1) is 68.8. The minimum atomic E-state index is -1.51. The van der Waals surface area contributed by atoms with Gasteiger partial charge >= 0.3 is 12.2 Å². The molecule has 12 atom stereocenters. The average molecular weight is 1490 g/mol. The molecule has 0 saturated carbocycles. The third kappa shape index (κ3) is 13.7. The van der Waals surface area contributed by atoms with Gasteiger partial charge in [-0.15, -0.1) is 10.2 Å². The van der Waals surface area contributed by atoms with E-state index in [1.807, 2.05) is 12.1 Å². The van der Waals surface area contributed by atoms with Crippen molar-refractivity contribution in [1.82, 2.24) is 69.3 Å². The third-order valence-corrected chi connectivity index (χ3v) is 19.0. The van der Waals surface area contributed by atoms with Crippen LogP contribution in [0, 0.1) is 37.1 Å². The highest BCUT2D eigenvalue weighted by molar-refractivity contribution is 6.35. The van der Waals surface area contributed by atoms with Crippen molar-refractivity contribution in [3.8, 4) is 33.9 Å². The van der Waals surface area contributed by atoms with E-state index < -0.39 is 119 Å². The summed E-state index contributed by atoms with van der Waals surface area (Å²) in [6.45, 7) is 2.60. The predicted octanol–water partition coefficient (Wildman–Crippen LogP) is 13.6. The lowest BCUT2D eigenvalue weighted by atomic mass is 9.90. The third-order valence-electron chi connectivity index (χ3n) is 17.2. The smallest absolute Gasteiger partial charge is 0.410 e. The molecule has 4 aliphatic heterocycles. The van der Waals surface area contributed by atoms with Crippen molar-refractivity contribution in [1.29, 1.82) is 0 Å². The predicted molar refractivity (Wildman–Crippen MR) is 352 cm³/mol. The van der Waals surface area contributed by atoms with Gasteiger partial charge in [0.05, 0.1) is 47.0 Å². The number of aryl methyl sites for hydroxylation is 2. The van der Waals surface area contributed by atoms with Gasteiger partial charge in [0.1, 0.15) is 92.9 Å². The van der Waals surface area contributed by atoms with E-state index in [0.29, 0.717) is 21.2 Å².